The molecule has 8 heteroatoms. The molecular weight excluding hydrogens is 476 g/mol. The Labute approximate surface area is 215 Å². The molecule has 0 saturated carbocycles. The average molecular weight is 510 g/mol. The summed E-state index contributed by atoms with van der Waals surface area (Å²) in [5.41, 5.74) is 1.34. The van der Waals surface area contributed by atoms with Gasteiger partial charge in [-0.3, -0.25) is 9.36 Å². The quantitative estimate of drug-likeness (QED) is 0.462. The Hall–Kier alpha value is -3.55. The highest BCUT2D eigenvalue weighted by Gasteiger charge is 2.36. The lowest BCUT2D eigenvalue weighted by Gasteiger charge is -2.34. The van der Waals surface area contributed by atoms with Gasteiger partial charge in [0.05, 0.1) is 12.0 Å². The Morgan fingerprint density at radius 3 is 2.59 bits per heavy atom. The molecule has 1 aromatic heterocycles. The van der Waals surface area contributed by atoms with Gasteiger partial charge in [-0.25, -0.2) is 18.6 Å². The molecule has 6 nitrogen and oxygen atoms in total. The van der Waals surface area contributed by atoms with Crippen LogP contribution < -0.4 is 10.9 Å². The van der Waals surface area contributed by atoms with Crippen LogP contribution in [0, 0.1) is 11.6 Å². The number of aryl methyl sites for hydroxylation is 1. The van der Waals surface area contributed by atoms with Gasteiger partial charge in [-0.1, -0.05) is 30.3 Å². The zero-order valence-electron chi connectivity index (χ0n) is 21.8. The van der Waals surface area contributed by atoms with E-state index in [0.717, 1.165) is 0 Å². The lowest BCUT2D eigenvalue weighted by Crippen LogP contribution is -2.47. The van der Waals surface area contributed by atoms with E-state index in [1.807, 2.05) is 13.8 Å². The summed E-state index contributed by atoms with van der Waals surface area (Å²) in [6.45, 7) is 9.12. The van der Waals surface area contributed by atoms with Crippen LogP contribution in [-0.2, 0) is 17.6 Å². The third-order valence-electron chi connectivity index (χ3n) is 6.58. The molecule has 0 spiro atoms. The second kappa shape index (κ2) is 10.4. The summed E-state index contributed by atoms with van der Waals surface area (Å²) in [6, 6.07) is 10.2. The molecule has 2 atom stereocenters. The summed E-state index contributed by atoms with van der Waals surface area (Å²) in [7, 11) is 0. The number of nitrogens with one attached hydrogen (secondary N) is 1. The molecule has 0 saturated heterocycles. The van der Waals surface area contributed by atoms with Crippen LogP contribution in [-0.4, -0.2) is 27.3 Å². The van der Waals surface area contributed by atoms with Crippen molar-refractivity contribution < 1.29 is 18.3 Å². The minimum Gasteiger partial charge on any atom is -0.444 e. The number of fused-ring (bicyclic) bond motifs is 1. The highest BCUT2D eigenvalue weighted by Crippen LogP contribution is 2.34. The Kier molecular flexibility index (Phi) is 7.48. The van der Waals surface area contributed by atoms with Gasteiger partial charge >= 0.3 is 6.09 Å². The number of amides is 1. The van der Waals surface area contributed by atoms with E-state index in [4.69, 9.17) is 4.74 Å². The number of carbonyl (C=O) groups is 1. The lowest BCUT2D eigenvalue weighted by molar-refractivity contribution is 0.0490. The summed E-state index contributed by atoms with van der Waals surface area (Å²) in [5.74, 6) is -1.46. The summed E-state index contributed by atoms with van der Waals surface area (Å²) in [4.78, 5) is 30.8. The Morgan fingerprint density at radius 2 is 1.92 bits per heavy atom. The largest absolute Gasteiger partial charge is 0.444 e. The first-order valence-corrected chi connectivity index (χ1v) is 12.6. The molecule has 2 aromatic carbocycles. The van der Waals surface area contributed by atoms with E-state index in [9.17, 15) is 14.0 Å². The van der Waals surface area contributed by atoms with E-state index in [0.29, 0.717) is 35.2 Å². The maximum atomic E-state index is 15.8. The highest BCUT2D eigenvalue weighted by molar-refractivity contribution is 5.68. The molecule has 37 heavy (non-hydrogen) atoms. The molecule has 0 radical (unpaired) electrons. The van der Waals surface area contributed by atoms with Crippen molar-refractivity contribution in [2.24, 2.45) is 0 Å². The maximum absolute atomic E-state index is 15.8. The average Bonchev–Trinajstić information content (AvgIpc) is 2.80. The van der Waals surface area contributed by atoms with Crippen LogP contribution in [0.15, 0.2) is 53.6 Å². The molecule has 0 unspecified atom stereocenters. The molecule has 0 fully saturated rings. The molecule has 3 aromatic rings. The summed E-state index contributed by atoms with van der Waals surface area (Å²) in [6.07, 6.45) is 2.15. The Morgan fingerprint density at radius 1 is 1.19 bits per heavy atom. The number of nitrogens with zero attached hydrogens (tertiary/aromatic N) is 2. The van der Waals surface area contributed by atoms with Gasteiger partial charge in [0.15, 0.2) is 0 Å². The van der Waals surface area contributed by atoms with Gasteiger partial charge < -0.3 is 10.1 Å². The van der Waals surface area contributed by atoms with Gasteiger partial charge in [0.25, 0.3) is 5.56 Å². The zero-order valence-corrected chi connectivity index (χ0v) is 21.8. The lowest BCUT2D eigenvalue weighted by atomic mass is 9.78. The first kappa shape index (κ1) is 26.5. The SMILES string of the molecule is CC(C)n1cnc2c(c1=O)[C@@H](Cc1cccc(-c3cccc(F)c3)c1F)[C@@H](NC(=O)OC(C)(C)C)CC2. The smallest absolute Gasteiger partial charge is 0.407 e. The molecule has 4 rings (SSSR count). The minimum atomic E-state index is -0.691. The molecule has 1 aliphatic carbocycles. The molecule has 0 bridgehead atoms. The molecule has 1 heterocycles. The third kappa shape index (κ3) is 5.89. The van der Waals surface area contributed by atoms with Crippen molar-refractivity contribution in [3.8, 4) is 11.1 Å². The number of benzene rings is 2. The number of hydrogen-bond donors (Lipinski definition) is 1. The first-order valence-electron chi connectivity index (χ1n) is 12.6. The van der Waals surface area contributed by atoms with Crippen LogP contribution in [0.1, 0.15) is 69.8 Å². The predicted molar refractivity (Wildman–Crippen MR) is 139 cm³/mol. The topological polar surface area (TPSA) is 73.2 Å². The van der Waals surface area contributed by atoms with E-state index in [1.54, 1.807) is 55.9 Å². The van der Waals surface area contributed by atoms with Crippen LogP contribution in [0.2, 0.25) is 0 Å². The van der Waals surface area contributed by atoms with Crippen molar-refractivity contribution >= 4 is 6.09 Å². The van der Waals surface area contributed by atoms with E-state index < -0.39 is 35.3 Å². The third-order valence-corrected chi connectivity index (χ3v) is 6.58. The number of carbonyl (C=O) groups excluding carboxylic acids is 1. The van der Waals surface area contributed by atoms with E-state index in [-0.39, 0.29) is 23.6 Å². The number of aromatic nitrogens is 2. The van der Waals surface area contributed by atoms with Crippen LogP contribution in [0.25, 0.3) is 11.1 Å². The van der Waals surface area contributed by atoms with Gasteiger partial charge in [-0.05, 0) is 77.1 Å². The van der Waals surface area contributed by atoms with E-state index in [1.165, 1.54) is 18.2 Å². The van der Waals surface area contributed by atoms with Crippen LogP contribution in [0.3, 0.4) is 0 Å². The molecule has 196 valence electrons. The summed E-state index contributed by atoms with van der Waals surface area (Å²) >= 11 is 0. The molecule has 0 aliphatic heterocycles. The van der Waals surface area contributed by atoms with Crippen molar-refractivity contribution in [1.82, 2.24) is 14.9 Å². The van der Waals surface area contributed by atoms with Crippen LogP contribution >= 0.6 is 0 Å². The van der Waals surface area contributed by atoms with Crippen LogP contribution in [0.4, 0.5) is 13.6 Å². The second-order valence-corrected chi connectivity index (χ2v) is 10.8. The number of ether oxygens (including phenoxy) is 1. The molecular formula is C29H33F2N3O3. The van der Waals surface area contributed by atoms with Gasteiger partial charge in [-0.15, -0.1) is 0 Å². The minimum absolute atomic E-state index is 0.113. The molecule has 1 N–H and O–H groups in total. The summed E-state index contributed by atoms with van der Waals surface area (Å²) < 4.78 is 36.7. The van der Waals surface area contributed by atoms with Crippen LogP contribution in [0.5, 0.6) is 0 Å². The standard InChI is InChI=1S/C29H33F2N3O3/c1-17(2)34-16-32-24-13-12-23(33-28(36)37-29(3,4)5)22(25(24)27(34)35)15-19-9-7-11-21(26(19)31)18-8-6-10-20(30)14-18/h6-11,14,16-17,22-23H,12-13,15H2,1-5H3,(H,33,36)/t22-,23-/m0/s1. The van der Waals surface area contributed by atoms with Crippen molar-refractivity contribution in [3.63, 3.8) is 0 Å². The van der Waals surface area contributed by atoms with E-state index in [2.05, 4.69) is 10.3 Å². The molecule has 1 aliphatic rings. The number of halogens is 2. The highest BCUT2D eigenvalue weighted by atomic mass is 19.1. The monoisotopic (exact) mass is 509 g/mol. The van der Waals surface area contributed by atoms with Gasteiger partial charge in [-0.2, -0.15) is 0 Å². The number of alkyl carbamates (subject to hydrolysis) is 1. The van der Waals surface area contributed by atoms with Gasteiger partial charge in [0.2, 0.25) is 0 Å². The fourth-order valence-corrected chi connectivity index (χ4v) is 4.88. The van der Waals surface area contributed by atoms with Crippen molar-refractivity contribution in [1.29, 1.82) is 0 Å². The van der Waals surface area contributed by atoms with Crippen molar-refractivity contribution in [2.75, 3.05) is 0 Å². The maximum Gasteiger partial charge on any atom is 0.407 e. The summed E-state index contributed by atoms with van der Waals surface area (Å²) in [5, 5.41) is 2.93. The fourth-order valence-electron chi connectivity index (χ4n) is 4.88. The molecule has 1 amide bonds. The fraction of sp³-hybridized carbons (Fsp3) is 0.414. The zero-order chi connectivity index (χ0) is 26.9. The number of rotatable bonds is 5. The van der Waals surface area contributed by atoms with Crippen molar-refractivity contribution in [3.05, 3.63) is 87.6 Å². The first-order chi connectivity index (χ1) is 17.4. The van der Waals surface area contributed by atoms with Gasteiger partial charge in [0.1, 0.15) is 17.2 Å². The van der Waals surface area contributed by atoms with E-state index >= 15 is 4.39 Å². The Balaban J connectivity index is 1.77. The normalized spacial score (nSPS) is 17.4. The predicted octanol–water partition coefficient (Wildman–Crippen LogP) is 5.94. The van der Waals surface area contributed by atoms with Gasteiger partial charge in [0, 0.05) is 29.1 Å². The van der Waals surface area contributed by atoms with Crippen molar-refractivity contribution in [2.45, 2.75) is 77.5 Å². The second-order valence-electron chi connectivity index (χ2n) is 10.8. The number of hydrogen-bond acceptors (Lipinski definition) is 4. The Bertz CT molecular complexity index is 1360.